The molecule has 2 bridgehead atoms. The highest BCUT2D eigenvalue weighted by Crippen LogP contribution is 2.50. The van der Waals surface area contributed by atoms with Crippen molar-refractivity contribution in [1.82, 2.24) is 0 Å². The molecule has 0 radical (unpaired) electrons. The van der Waals surface area contributed by atoms with Gasteiger partial charge in [-0.3, -0.25) is 4.79 Å². The number of benzene rings is 1. The molecule has 1 aromatic rings. The Labute approximate surface area is 124 Å². The van der Waals surface area contributed by atoms with Crippen molar-refractivity contribution in [1.29, 1.82) is 0 Å². The predicted octanol–water partition coefficient (Wildman–Crippen LogP) is 3.94. The molecular weight excluding hydrogens is 268 g/mol. The lowest BCUT2D eigenvalue weighted by atomic mass is 9.84. The minimum absolute atomic E-state index is 0.228. The number of hydrogen-bond acceptors (Lipinski definition) is 3. The lowest BCUT2D eigenvalue weighted by molar-refractivity contribution is -0.126. The zero-order valence-electron chi connectivity index (χ0n) is 11.6. The van der Waals surface area contributed by atoms with Gasteiger partial charge < -0.3 is 4.74 Å². The summed E-state index contributed by atoms with van der Waals surface area (Å²) in [5.74, 6) is 4.37. The van der Waals surface area contributed by atoms with E-state index in [0.717, 1.165) is 34.7 Å². The maximum atomic E-state index is 12.5. The molecule has 0 spiro atoms. The van der Waals surface area contributed by atoms with Crippen molar-refractivity contribution in [3.63, 3.8) is 0 Å². The number of carbonyl (C=O) groups is 1. The molecule has 106 valence electrons. The SMILES string of the molecule is O=C(CC1CC2CCC1C2)C1CSc2ccccc2O1. The minimum atomic E-state index is -0.228. The first-order chi connectivity index (χ1) is 9.79. The van der Waals surface area contributed by atoms with Crippen LogP contribution in [0.3, 0.4) is 0 Å². The predicted molar refractivity (Wildman–Crippen MR) is 80.1 cm³/mol. The third-order valence-electron chi connectivity index (χ3n) is 5.22. The lowest BCUT2D eigenvalue weighted by Crippen LogP contribution is -2.34. The van der Waals surface area contributed by atoms with Gasteiger partial charge in [-0.25, -0.2) is 0 Å². The average molecular weight is 288 g/mol. The number of thioether (sulfide) groups is 1. The zero-order valence-corrected chi connectivity index (χ0v) is 12.4. The molecule has 1 aliphatic heterocycles. The van der Waals surface area contributed by atoms with Crippen LogP contribution in [-0.2, 0) is 4.79 Å². The van der Waals surface area contributed by atoms with E-state index in [-0.39, 0.29) is 6.10 Å². The maximum Gasteiger partial charge on any atom is 0.174 e. The van der Waals surface area contributed by atoms with Crippen LogP contribution in [0, 0.1) is 17.8 Å². The van der Waals surface area contributed by atoms with Gasteiger partial charge in [0.15, 0.2) is 11.9 Å². The first kappa shape index (κ1) is 12.8. The smallest absolute Gasteiger partial charge is 0.174 e. The third kappa shape index (κ3) is 2.26. The van der Waals surface area contributed by atoms with Gasteiger partial charge in [0.2, 0.25) is 0 Å². The van der Waals surface area contributed by atoms with Crippen molar-refractivity contribution in [2.24, 2.45) is 17.8 Å². The molecule has 2 nitrogen and oxygen atoms in total. The molecule has 2 saturated carbocycles. The Hall–Kier alpha value is -0.960. The standard InChI is InChI=1S/C17H20O2S/c18-14(9-13-8-11-5-6-12(13)7-11)16-10-20-17-4-2-1-3-15(17)19-16/h1-4,11-13,16H,5-10H2. The Balaban J connectivity index is 1.40. The fourth-order valence-corrected chi connectivity index (χ4v) is 5.21. The molecule has 3 heteroatoms. The topological polar surface area (TPSA) is 26.3 Å². The van der Waals surface area contributed by atoms with Gasteiger partial charge in [0, 0.05) is 17.1 Å². The van der Waals surface area contributed by atoms with Crippen molar-refractivity contribution < 1.29 is 9.53 Å². The number of rotatable bonds is 3. The molecule has 4 rings (SSSR count). The minimum Gasteiger partial charge on any atom is -0.481 e. The molecule has 20 heavy (non-hydrogen) atoms. The molecule has 4 unspecified atom stereocenters. The van der Waals surface area contributed by atoms with Gasteiger partial charge >= 0.3 is 0 Å². The van der Waals surface area contributed by atoms with Gasteiger partial charge in [-0.15, -0.1) is 11.8 Å². The number of Topliss-reactive ketones (excluding diaryl/α,β-unsaturated/α-hetero) is 1. The van der Waals surface area contributed by atoms with Gasteiger partial charge in [0.05, 0.1) is 0 Å². The summed E-state index contributed by atoms with van der Waals surface area (Å²) in [6.45, 7) is 0. The third-order valence-corrected chi connectivity index (χ3v) is 6.33. The molecule has 0 aromatic heterocycles. The molecule has 1 heterocycles. The Kier molecular flexibility index (Phi) is 3.25. The molecule has 0 N–H and O–H groups in total. The van der Waals surface area contributed by atoms with Crippen LogP contribution in [0.15, 0.2) is 29.2 Å². The van der Waals surface area contributed by atoms with Crippen molar-refractivity contribution >= 4 is 17.5 Å². The van der Waals surface area contributed by atoms with Crippen LogP contribution in [0.5, 0.6) is 5.75 Å². The van der Waals surface area contributed by atoms with E-state index >= 15 is 0 Å². The second-order valence-electron chi connectivity index (χ2n) is 6.47. The van der Waals surface area contributed by atoms with E-state index in [1.165, 1.54) is 25.7 Å². The summed E-state index contributed by atoms with van der Waals surface area (Å²) < 4.78 is 5.91. The highest BCUT2D eigenvalue weighted by atomic mass is 32.2. The van der Waals surface area contributed by atoms with Gasteiger partial charge in [0.1, 0.15) is 5.75 Å². The summed E-state index contributed by atoms with van der Waals surface area (Å²) in [5.41, 5.74) is 0. The maximum absolute atomic E-state index is 12.5. The van der Waals surface area contributed by atoms with Crippen LogP contribution in [0.2, 0.25) is 0 Å². The molecule has 0 amide bonds. The molecule has 2 aliphatic carbocycles. The van der Waals surface area contributed by atoms with Gasteiger partial charge in [-0.05, 0) is 49.1 Å². The number of hydrogen-bond donors (Lipinski definition) is 0. The first-order valence-electron chi connectivity index (χ1n) is 7.71. The molecular formula is C17H20O2S. The molecule has 0 saturated heterocycles. The van der Waals surface area contributed by atoms with Crippen molar-refractivity contribution in [3.05, 3.63) is 24.3 Å². The van der Waals surface area contributed by atoms with Crippen molar-refractivity contribution in [2.75, 3.05) is 5.75 Å². The molecule has 1 aromatic carbocycles. The van der Waals surface area contributed by atoms with E-state index in [4.69, 9.17) is 4.74 Å². The highest BCUT2D eigenvalue weighted by Gasteiger charge is 2.41. The van der Waals surface area contributed by atoms with E-state index < -0.39 is 0 Å². The van der Waals surface area contributed by atoms with Crippen molar-refractivity contribution in [2.45, 2.75) is 43.1 Å². The Morgan fingerprint density at radius 3 is 2.95 bits per heavy atom. The van der Waals surface area contributed by atoms with Gasteiger partial charge in [0.25, 0.3) is 0 Å². The second kappa shape index (κ2) is 5.10. The summed E-state index contributed by atoms with van der Waals surface area (Å²) in [4.78, 5) is 13.7. The second-order valence-corrected chi connectivity index (χ2v) is 7.53. The fraction of sp³-hybridized carbons (Fsp3) is 0.588. The fourth-order valence-electron chi connectivity index (χ4n) is 4.19. The summed E-state index contributed by atoms with van der Waals surface area (Å²) >= 11 is 1.75. The summed E-state index contributed by atoms with van der Waals surface area (Å²) in [7, 11) is 0. The van der Waals surface area contributed by atoms with E-state index in [2.05, 4.69) is 6.07 Å². The zero-order chi connectivity index (χ0) is 13.5. The first-order valence-corrected chi connectivity index (χ1v) is 8.69. The van der Waals surface area contributed by atoms with Crippen LogP contribution >= 0.6 is 11.8 Å². The van der Waals surface area contributed by atoms with Crippen LogP contribution in [-0.4, -0.2) is 17.6 Å². The Bertz CT molecular complexity index is 527. The van der Waals surface area contributed by atoms with Crippen LogP contribution in [0.4, 0.5) is 0 Å². The number of ether oxygens (including phenoxy) is 1. The van der Waals surface area contributed by atoms with E-state index in [1.807, 2.05) is 18.2 Å². The van der Waals surface area contributed by atoms with Crippen LogP contribution in [0.25, 0.3) is 0 Å². The van der Waals surface area contributed by atoms with Crippen molar-refractivity contribution in [3.8, 4) is 5.75 Å². The Morgan fingerprint density at radius 1 is 1.25 bits per heavy atom. The Morgan fingerprint density at radius 2 is 2.15 bits per heavy atom. The molecule has 2 fully saturated rings. The lowest BCUT2D eigenvalue weighted by Gasteiger charge is -2.27. The van der Waals surface area contributed by atoms with Crippen LogP contribution < -0.4 is 4.74 Å². The van der Waals surface area contributed by atoms with Gasteiger partial charge in [-0.1, -0.05) is 18.6 Å². The number of fused-ring (bicyclic) bond motifs is 3. The monoisotopic (exact) mass is 288 g/mol. The van der Waals surface area contributed by atoms with E-state index in [9.17, 15) is 4.79 Å². The van der Waals surface area contributed by atoms with E-state index in [0.29, 0.717) is 11.7 Å². The van der Waals surface area contributed by atoms with Crippen LogP contribution in [0.1, 0.15) is 32.1 Å². The largest absolute Gasteiger partial charge is 0.481 e. The summed E-state index contributed by atoms with van der Waals surface area (Å²) in [6, 6.07) is 8.03. The average Bonchev–Trinajstić information content (AvgIpc) is 3.09. The number of para-hydroxylation sites is 1. The number of carbonyl (C=O) groups excluding carboxylic acids is 1. The summed E-state index contributed by atoms with van der Waals surface area (Å²) in [6.07, 6.45) is 5.93. The quantitative estimate of drug-likeness (QED) is 0.843. The molecule has 3 aliphatic rings. The van der Waals surface area contributed by atoms with Gasteiger partial charge in [-0.2, -0.15) is 0 Å². The number of ketones is 1. The summed E-state index contributed by atoms with van der Waals surface area (Å²) in [5, 5.41) is 0. The normalized spacial score (nSPS) is 34.6. The van der Waals surface area contributed by atoms with E-state index in [1.54, 1.807) is 11.8 Å². The molecule has 4 atom stereocenters. The highest BCUT2D eigenvalue weighted by molar-refractivity contribution is 7.99.